The van der Waals surface area contributed by atoms with Gasteiger partial charge >= 0.3 is 5.97 Å². The Labute approximate surface area is 144 Å². The molecule has 0 bridgehead atoms. The van der Waals surface area contributed by atoms with Crippen LogP contribution < -0.4 is 5.73 Å². The van der Waals surface area contributed by atoms with E-state index in [2.05, 4.69) is 10.1 Å². The molecular weight excluding hydrogens is 318 g/mol. The van der Waals surface area contributed by atoms with Crippen molar-refractivity contribution in [1.29, 1.82) is 5.26 Å². The number of nitrogens with zero attached hydrogens (tertiary/aromatic N) is 4. The number of ether oxygens (including phenoxy) is 1. The van der Waals surface area contributed by atoms with Crippen LogP contribution in [0.15, 0.2) is 30.6 Å². The first kappa shape index (κ1) is 16.5. The number of carbonyl (C=O) groups excluding carboxylic acids is 1. The van der Waals surface area contributed by atoms with Crippen molar-refractivity contribution in [2.45, 2.75) is 20.4 Å². The molecule has 2 aromatic heterocycles. The number of hydrogen-bond donors (Lipinski definition) is 1. The summed E-state index contributed by atoms with van der Waals surface area (Å²) in [6, 6.07) is 7.73. The van der Waals surface area contributed by atoms with Crippen molar-refractivity contribution in [1.82, 2.24) is 14.8 Å². The van der Waals surface area contributed by atoms with E-state index in [0.717, 1.165) is 22.0 Å². The van der Waals surface area contributed by atoms with Crippen molar-refractivity contribution in [3.63, 3.8) is 0 Å². The number of carbonyl (C=O) groups is 1. The molecule has 0 aliphatic heterocycles. The fourth-order valence-corrected chi connectivity index (χ4v) is 2.67. The van der Waals surface area contributed by atoms with Gasteiger partial charge < -0.3 is 10.5 Å². The Morgan fingerprint density at radius 2 is 2.20 bits per heavy atom. The number of fused-ring (bicyclic) bond motifs is 1. The largest absolute Gasteiger partial charge is 0.462 e. The van der Waals surface area contributed by atoms with Crippen LogP contribution in [0.3, 0.4) is 0 Å². The Morgan fingerprint density at radius 3 is 2.92 bits per heavy atom. The van der Waals surface area contributed by atoms with Gasteiger partial charge in [0.05, 0.1) is 24.4 Å². The minimum atomic E-state index is -0.553. The van der Waals surface area contributed by atoms with E-state index < -0.39 is 5.97 Å². The Kier molecular flexibility index (Phi) is 4.35. The molecule has 2 heterocycles. The number of nitriles is 1. The van der Waals surface area contributed by atoms with Crippen LogP contribution in [0.5, 0.6) is 0 Å². The highest BCUT2D eigenvalue weighted by Crippen LogP contribution is 2.23. The summed E-state index contributed by atoms with van der Waals surface area (Å²) < 4.78 is 6.49. The van der Waals surface area contributed by atoms with Crippen LogP contribution in [0, 0.1) is 18.3 Å². The maximum Gasteiger partial charge on any atom is 0.342 e. The Balaban J connectivity index is 1.96. The van der Waals surface area contributed by atoms with Crippen molar-refractivity contribution in [3.8, 4) is 6.07 Å². The lowest BCUT2D eigenvalue weighted by atomic mass is 10.1. The number of nitrogen functional groups attached to an aromatic ring is 1. The van der Waals surface area contributed by atoms with Gasteiger partial charge in [-0.3, -0.25) is 9.67 Å². The van der Waals surface area contributed by atoms with Gasteiger partial charge in [0.25, 0.3) is 0 Å². The highest BCUT2D eigenvalue weighted by Gasteiger charge is 2.17. The summed E-state index contributed by atoms with van der Waals surface area (Å²) in [4.78, 5) is 16.3. The summed E-state index contributed by atoms with van der Waals surface area (Å²) in [7, 11) is 0. The molecule has 0 saturated carbocycles. The zero-order chi connectivity index (χ0) is 18.0. The summed E-state index contributed by atoms with van der Waals surface area (Å²) in [6.45, 7) is 4.29. The molecule has 0 radical (unpaired) electrons. The highest BCUT2D eigenvalue weighted by atomic mass is 16.5. The first-order chi connectivity index (χ1) is 12.0. The number of aryl methyl sites for hydroxylation is 1. The van der Waals surface area contributed by atoms with Gasteiger partial charge in [-0.05, 0) is 43.2 Å². The van der Waals surface area contributed by atoms with E-state index in [0.29, 0.717) is 12.2 Å². The molecule has 2 N–H and O–H groups in total. The third kappa shape index (κ3) is 3.28. The van der Waals surface area contributed by atoms with E-state index in [-0.39, 0.29) is 17.9 Å². The zero-order valence-electron chi connectivity index (χ0n) is 14.0. The van der Waals surface area contributed by atoms with Crippen LogP contribution in [0.25, 0.3) is 10.9 Å². The molecule has 3 aromatic rings. The number of nitrogens with two attached hydrogens (primary N) is 1. The van der Waals surface area contributed by atoms with E-state index >= 15 is 0 Å². The van der Waals surface area contributed by atoms with Crippen molar-refractivity contribution < 1.29 is 9.53 Å². The predicted octanol–water partition coefficient (Wildman–Crippen LogP) is 2.42. The normalized spacial score (nSPS) is 10.6. The van der Waals surface area contributed by atoms with E-state index in [1.54, 1.807) is 13.1 Å². The molecule has 0 unspecified atom stereocenters. The summed E-state index contributed by atoms with van der Waals surface area (Å²) in [5.41, 5.74) is 9.57. The maximum absolute atomic E-state index is 11.9. The minimum Gasteiger partial charge on any atom is -0.462 e. The van der Waals surface area contributed by atoms with E-state index in [4.69, 9.17) is 15.7 Å². The lowest BCUT2D eigenvalue weighted by molar-refractivity contribution is 0.0526. The Hall–Kier alpha value is -3.40. The summed E-state index contributed by atoms with van der Waals surface area (Å²) in [6.07, 6.45) is 3.29. The van der Waals surface area contributed by atoms with Crippen molar-refractivity contribution in [3.05, 3.63) is 53.0 Å². The van der Waals surface area contributed by atoms with Gasteiger partial charge in [0, 0.05) is 17.8 Å². The SMILES string of the molecule is CCOC(=O)c1cn(Cc2cc(N)c3ncc(C)cc3c2)nc1C#N. The monoisotopic (exact) mass is 335 g/mol. The lowest BCUT2D eigenvalue weighted by Gasteiger charge is -2.07. The number of pyridine rings is 1. The van der Waals surface area contributed by atoms with Gasteiger partial charge in [-0.2, -0.15) is 10.4 Å². The second kappa shape index (κ2) is 6.61. The number of esters is 1. The van der Waals surface area contributed by atoms with Crippen molar-refractivity contribution in [2.24, 2.45) is 0 Å². The second-order valence-corrected chi connectivity index (χ2v) is 5.69. The summed E-state index contributed by atoms with van der Waals surface area (Å²) in [5.74, 6) is -0.553. The summed E-state index contributed by atoms with van der Waals surface area (Å²) >= 11 is 0. The zero-order valence-corrected chi connectivity index (χ0v) is 14.0. The third-order valence-corrected chi connectivity index (χ3v) is 3.72. The van der Waals surface area contributed by atoms with Gasteiger partial charge in [0.1, 0.15) is 11.6 Å². The van der Waals surface area contributed by atoms with Crippen molar-refractivity contribution >= 4 is 22.6 Å². The van der Waals surface area contributed by atoms with Gasteiger partial charge in [-0.25, -0.2) is 4.79 Å². The van der Waals surface area contributed by atoms with Gasteiger partial charge in [0.15, 0.2) is 5.69 Å². The topological polar surface area (TPSA) is 107 Å². The molecule has 25 heavy (non-hydrogen) atoms. The third-order valence-electron chi connectivity index (χ3n) is 3.72. The van der Waals surface area contributed by atoms with Gasteiger partial charge in [0.2, 0.25) is 0 Å². The molecule has 0 atom stereocenters. The smallest absolute Gasteiger partial charge is 0.342 e. The van der Waals surface area contributed by atoms with E-state index in [1.807, 2.05) is 31.2 Å². The van der Waals surface area contributed by atoms with Crippen LogP contribution in [0.2, 0.25) is 0 Å². The van der Waals surface area contributed by atoms with Crippen LogP contribution in [0.1, 0.15) is 34.1 Å². The molecule has 1 aromatic carbocycles. The second-order valence-electron chi connectivity index (χ2n) is 5.69. The van der Waals surface area contributed by atoms with Crippen LogP contribution in [-0.2, 0) is 11.3 Å². The summed E-state index contributed by atoms with van der Waals surface area (Å²) in [5, 5.41) is 14.3. The maximum atomic E-state index is 11.9. The number of benzene rings is 1. The number of hydrogen-bond acceptors (Lipinski definition) is 6. The molecule has 0 fully saturated rings. The van der Waals surface area contributed by atoms with Crippen LogP contribution in [-0.4, -0.2) is 27.3 Å². The first-order valence-corrected chi connectivity index (χ1v) is 7.81. The number of rotatable bonds is 4. The molecule has 0 amide bonds. The Bertz CT molecular complexity index is 1000. The average molecular weight is 335 g/mol. The van der Waals surface area contributed by atoms with E-state index in [1.165, 1.54) is 10.9 Å². The number of anilines is 1. The van der Waals surface area contributed by atoms with Gasteiger partial charge in [-0.15, -0.1) is 0 Å². The minimum absolute atomic E-state index is 0.0460. The van der Waals surface area contributed by atoms with E-state index in [9.17, 15) is 4.79 Å². The molecule has 0 aliphatic carbocycles. The quantitative estimate of drug-likeness (QED) is 0.579. The number of aromatic nitrogens is 3. The fourth-order valence-electron chi connectivity index (χ4n) is 2.67. The molecule has 7 heteroatoms. The predicted molar refractivity (Wildman–Crippen MR) is 92.9 cm³/mol. The molecule has 0 aliphatic rings. The lowest BCUT2D eigenvalue weighted by Crippen LogP contribution is -2.05. The van der Waals surface area contributed by atoms with Crippen LogP contribution >= 0.6 is 0 Å². The standard InChI is InChI=1S/C18H17N5O2/c1-3-25-18(24)14-10-23(22-16(14)7-19)9-12-5-13-4-11(2)8-21-17(13)15(20)6-12/h4-6,8,10H,3,9,20H2,1-2H3. The molecule has 3 rings (SSSR count). The molecule has 126 valence electrons. The first-order valence-electron chi connectivity index (χ1n) is 7.81. The molecule has 0 spiro atoms. The molecule has 0 saturated heterocycles. The van der Waals surface area contributed by atoms with Crippen molar-refractivity contribution in [2.75, 3.05) is 12.3 Å². The molecule has 7 nitrogen and oxygen atoms in total. The highest BCUT2D eigenvalue weighted by molar-refractivity contribution is 5.91. The molecular formula is C18H17N5O2. The average Bonchev–Trinajstić information content (AvgIpc) is 2.97. The van der Waals surface area contributed by atoms with Crippen LogP contribution in [0.4, 0.5) is 5.69 Å². The fraction of sp³-hybridized carbons (Fsp3) is 0.222. The Morgan fingerprint density at radius 1 is 1.40 bits per heavy atom. The van der Waals surface area contributed by atoms with Gasteiger partial charge in [-0.1, -0.05) is 0 Å².